The summed E-state index contributed by atoms with van der Waals surface area (Å²) in [7, 11) is -3.74. The summed E-state index contributed by atoms with van der Waals surface area (Å²) in [5.74, 6) is -0.131. The van der Waals surface area contributed by atoms with Crippen LogP contribution < -0.4 is 5.14 Å². The van der Waals surface area contributed by atoms with E-state index in [0.717, 1.165) is 11.1 Å². The molecule has 1 aliphatic heterocycles. The zero-order valence-corrected chi connectivity index (χ0v) is 13.2. The minimum atomic E-state index is -3.74. The Labute approximate surface area is 135 Å². The molecule has 2 N–H and O–H groups in total. The number of primary sulfonamides is 1. The largest absolute Gasteiger partial charge is 0.331 e. The molecule has 0 unspecified atom stereocenters. The first-order chi connectivity index (χ1) is 10.9. The van der Waals surface area contributed by atoms with Gasteiger partial charge in [0.2, 0.25) is 10.0 Å². The van der Waals surface area contributed by atoms with Gasteiger partial charge in [0.15, 0.2) is 0 Å². The molecule has 0 spiro atoms. The average Bonchev–Trinajstić information content (AvgIpc) is 3.04. The van der Waals surface area contributed by atoms with Crippen molar-refractivity contribution in [3.8, 4) is 0 Å². The number of hydrogen-bond donors (Lipinski definition) is 1. The summed E-state index contributed by atoms with van der Waals surface area (Å²) in [6.45, 7) is 1.08. The van der Waals surface area contributed by atoms with Crippen LogP contribution in [0.15, 0.2) is 65.6 Å². The average molecular weight is 328 g/mol. The Hall–Kier alpha value is -2.44. The summed E-state index contributed by atoms with van der Waals surface area (Å²) in [6, 6.07) is 15.6. The Kier molecular flexibility index (Phi) is 4.02. The Morgan fingerprint density at radius 2 is 1.65 bits per heavy atom. The van der Waals surface area contributed by atoms with E-state index in [1.165, 1.54) is 24.3 Å². The molecule has 2 aromatic rings. The fourth-order valence-corrected chi connectivity index (χ4v) is 3.06. The van der Waals surface area contributed by atoms with Gasteiger partial charge in [-0.15, -0.1) is 0 Å². The number of carbonyl (C=O) groups is 1. The van der Waals surface area contributed by atoms with Crippen LogP contribution in [0.1, 0.15) is 15.9 Å². The lowest BCUT2D eigenvalue weighted by Gasteiger charge is -2.16. The molecule has 6 heteroatoms. The molecule has 0 aromatic heterocycles. The van der Waals surface area contributed by atoms with Gasteiger partial charge in [-0.05, 0) is 35.4 Å². The SMILES string of the molecule is NS(=O)(=O)c1ccc(C(=O)N2CC=C(c3ccccc3)C2)cc1. The van der Waals surface area contributed by atoms with Crippen LogP contribution in [-0.4, -0.2) is 32.3 Å². The van der Waals surface area contributed by atoms with Gasteiger partial charge in [-0.25, -0.2) is 13.6 Å². The van der Waals surface area contributed by atoms with Crippen molar-refractivity contribution in [3.05, 3.63) is 71.8 Å². The number of nitrogens with two attached hydrogens (primary N) is 1. The van der Waals surface area contributed by atoms with Gasteiger partial charge in [0.05, 0.1) is 4.90 Å². The first-order valence-electron chi connectivity index (χ1n) is 7.12. The molecule has 0 aliphatic carbocycles. The van der Waals surface area contributed by atoms with E-state index in [1.807, 2.05) is 36.4 Å². The highest BCUT2D eigenvalue weighted by Crippen LogP contribution is 2.22. The van der Waals surface area contributed by atoms with Crippen LogP contribution in [0.3, 0.4) is 0 Å². The minimum Gasteiger partial charge on any atom is -0.331 e. The molecule has 0 saturated heterocycles. The molecule has 1 heterocycles. The van der Waals surface area contributed by atoms with Crippen LogP contribution in [0.2, 0.25) is 0 Å². The van der Waals surface area contributed by atoms with Crippen molar-refractivity contribution in [1.29, 1.82) is 0 Å². The van der Waals surface area contributed by atoms with Crippen molar-refractivity contribution < 1.29 is 13.2 Å². The Balaban J connectivity index is 1.73. The van der Waals surface area contributed by atoms with Crippen LogP contribution in [0, 0.1) is 0 Å². The van der Waals surface area contributed by atoms with E-state index >= 15 is 0 Å². The van der Waals surface area contributed by atoms with E-state index in [1.54, 1.807) is 4.90 Å². The molecule has 0 fully saturated rings. The number of nitrogens with zero attached hydrogens (tertiary/aromatic N) is 1. The second kappa shape index (κ2) is 5.98. The highest BCUT2D eigenvalue weighted by molar-refractivity contribution is 7.89. The highest BCUT2D eigenvalue weighted by atomic mass is 32.2. The molecule has 2 aromatic carbocycles. The topological polar surface area (TPSA) is 80.5 Å². The van der Waals surface area contributed by atoms with Crippen molar-refractivity contribution in [1.82, 2.24) is 4.90 Å². The quantitative estimate of drug-likeness (QED) is 0.934. The summed E-state index contributed by atoms with van der Waals surface area (Å²) in [6.07, 6.45) is 2.03. The van der Waals surface area contributed by atoms with Gasteiger partial charge >= 0.3 is 0 Å². The molecule has 3 rings (SSSR count). The number of sulfonamides is 1. The fourth-order valence-electron chi connectivity index (χ4n) is 2.54. The molecule has 23 heavy (non-hydrogen) atoms. The number of rotatable bonds is 3. The van der Waals surface area contributed by atoms with Crippen LogP contribution in [-0.2, 0) is 10.0 Å². The predicted octanol–water partition coefficient (Wildman–Crippen LogP) is 1.87. The summed E-state index contributed by atoms with van der Waals surface area (Å²) < 4.78 is 22.5. The van der Waals surface area contributed by atoms with Crippen LogP contribution in [0.25, 0.3) is 5.57 Å². The summed E-state index contributed by atoms with van der Waals surface area (Å²) in [4.78, 5) is 14.2. The van der Waals surface area contributed by atoms with Crippen molar-refractivity contribution in [3.63, 3.8) is 0 Å². The smallest absolute Gasteiger partial charge is 0.254 e. The predicted molar refractivity (Wildman–Crippen MR) is 88.1 cm³/mol. The lowest BCUT2D eigenvalue weighted by Crippen LogP contribution is -2.28. The lowest BCUT2D eigenvalue weighted by atomic mass is 10.1. The zero-order valence-electron chi connectivity index (χ0n) is 12.3. The Morgan fingerprint density at radius 1 is 1.00 bits per heavy atom. The monoisotopic (exact) mass is 328 g/mol. The normalized spacial score (nSPS) is 14.7. The molecule has 0 atom stereocenters. The maximum atomic E-state index is 12.5. The summed E-state index contributed by atoms with van der Waals surface area (Å²) in [5, 5.41) is 5.06. The van der Waals surface area contributed by atoms with Gasteiger partial charge in [-0.3, -0.25) is 4.79 Å². The third kappa shape index (κ3) is 3.33. The highest BCUT2D eigenvalue weighted by Gasteiger charge is 2.22. The molecular weight excluding hydrogens is 312 g/mol. The van der Waals surface area contributed by atoms with Crippen LogP contribution in [0.5, 0.6) is 0 Å². The van der Waals surface area contributed by atoms with E-state index in [2.05, 4.69) is 0 Å². The van der Waals surface area contributed by atoms with Crippen molar-refractivity contribution in [2.24, 2.45) is 5.14 Å². The molecular formula is C17H16N2O3S. The Bertz CT molecular complexity index is 856. The number of carbonyl (C=O) groups excluding carboxylic acids is 1. The van der Waals surface area contributed by atoms with Gasteiger partial charge < -0.3 is 4.90 Å². The number of amides is 1. The lowest BCUT2D eigenvalue weighted by molar-refractivity contribution is 0.0801. The van der Waals surface area contributed by atoms with Gasteiger partial charge in [-0.2, -0.15) is 0 Å². The van der Waals surface area contributed by atoms with E-state index in [-0.39, 0.29) is 10.8 Å². The first-order valence-corrected chi connectivity index (χ1v) is 8.66. The Morgan fingerprint density at radius 3 is 2.26 bits per heavy atom. The zero-order chi connectivity index (χ0) is 16.4. The third-order valence-corrected chi connectivity index (χ3v) is 4.71. The van der Waals surface area contributed by atoms with Gasteiger partial charge in [0.1, 0.15) is 0 Å². The van der Waals surface area contributed by atoms with Crippen LogP contribution in [0.4, 0.5) is 0 Å². The molecule has 0 saturated carbocycles. The number of hydrogen-bond acceptors (Lipinski definition) is 3. The molecule has 5 nitrogen and oxygen atoms in total. The van der Waals surface area contributed by atoms with E-state index in [0.29, 0.717) is 18.7 Å². The second-order valence-corrected chi connectivity index (χ2v) is 6.91. The molecule has 118 valence electrons. The first kappa shape index (κ1) is 15.5. The van der Waals surface area contributed by atoms with Crippen LogP contribution >= 0.6 is 0 Å². The van der Waals surface area contributed by atoms with Gasteiger partial charge in [0.25, 0.3) is 5.91 Å². The fraction of sp³-hybridized carbons (Fsp3) is 0.118. The molecule has 0 bridgehead atoms. The van der Waals surface area contributed by atoms with Gasteiger partial charge in [-0.1, -0.05) is 36.4 Å². The summed E-state index contributed by atoms with van der Waals surface area (Å²) in [5.41, 5.74) is 2.66. The van der Waals surface area contributed by atoms with Crippen molar-refractivity contribution in [2.45, 2.75) is 4.90 Å². The third-order valence-electron chi connectivity index (χ3n) is 3.78. The van der Waals surface area contributed by atoms with E-state index in [9.17, 15) is 13.2 Å². The van der Waals surface area contributed by atoms with Crippen molar-refractivity contribution in [2.75, 3.05) is 13.1 Å². The molecule has 1 amide bonds. The molecule has 1 aliphatic rings. The van der Waals surface area contributed by atoms with E-state index in [4.69, 9.17) is 5.14 Å². The minimum absolute atomic E-state index is 0.00132. The number of benzene rings is 2. The standard InChI is InChI=1S/C17H16N2O3S/c18-23(21,22)16-8-6-14(7-9-16)17(20)19-11-10-15(12-19)13-4-2-1-3-5-13/h1-10H,11-12H2,(H2,18,21,22). The summed E-state index contributed by atoms with van der Waals surface area (Å²) >= 11 is 0. The second-order valence-electron chi connectivity index (χ2n) is 5.35. The van der Waals surface area contributed by atoms with E-state index < -0.39 is 10.0 Å². The van der Waals surface area contributed by atoms with Gasteiger partial charge in [0, 0.05) is 18.7 Å². The maximum Gasteiger partial charge on any atom is 0.254 e. The van der Waals surface area contributed by atoms with Crippen molar-refractivity contribution >= 4 is 21.5 Å². The molecule has 0 radical (unpaired) electrons. The maximum absolute atomic E-state index is 12.5.